The van der Waals surface area contributed by atoms with E-state index in [-0.39, 0.29) is 0 Å². The second-order valence-electron chi connectivity index (χ2n) is 6.90. The lowest BCUT2D eigenvalue weighted by Gasteiger charge is -2.21. The van der Waals surface area contributed by atoms with Crippen LogP contribution in [0.25, 0.3) is 0 Å². The van der Waals surface area contributed by atoms with Crippen LogP contribution in [0.3, 0.4) is 0 Å². The van der Waals surface area contributed by atoms with Crippen LogP contribution in [0.1, 0.15) is 39.9 Å². The lowest BCUT2D eigenvalue weighted by Crippen LogP contribution is -2.20. The van der Waals surface area contributed by atoms with Crippen molar-refractivity contribution in [3.8, 4) is 0 Å². The summed E-state index contributed by atoms with van der Waals surface area (Å²) in [6, 6.07) is 10.9. The Hall–Kier alpha value is -1.23. The molecule has 4 heteroatoms. The monoisotopic (exact) mass is 328 g/mol. The van der Waals surface area contributed by atoms with Gasteiger partial charge >= 0.3 is 0 Å². The fourth-order valence-electron chi connectivity index (χ4n) is 3.90. The second-order valence-corrected chi connectivity index (χ2v) is 8.07. The minimum Gasteiger partial charge on any atom is -0.396 e. The van der Waals surface area contributed by atoms with Gasteiger partial charge in [-0.3, -0.25) is 4.90 Å². The van der Waals surface area contributed by atoms with Gasteiger partial charge in [0.15, 0.2) is 0 Å². The van der Waals surface area contributed by atoms with Crippen molar-refractivity contribution in [2.75, 3.05) is 19.7 Å². The molecule has 1 aromatic heterocycles. The van der Waals surface area contributed by atoms with E-state index in [9.17, 15) is 5.11 Å². The summed E-state index contributed by atoms with van der Waals surface area (Å²) in [5, 5.41) is 10.5. The molecule has 1 aromatic carbocycles. The molecule has 0 radical (unpaired) electrons. The van der Waals surface area contributed by atoms with Gasteiger partial charge in [-0.05, 0) is 49.6 Å². The second kappa shape index (κ2) is 6.71. The van der Waals surface area contributed by atoms with Crippen molar-refractivity contribution in [2.45, 2.75) is 38.1 Å². The summed E-state index contributed by atoms with van der Waals surface area (Å²) in [6.07, 6.45) is 4.61. The molecule has 1 fully saturated rings. The van der Waals surface area contributed by atoms with Gasteiger partial charge in [0.05, 0.1) is 12.2 Å². The van der Waals surface area contributed by atoms with E-state index in [1.54, 1.807) is 0 Å². The van der Waals surface area contributed by atoms with Crippen LogP contribution in [0.5, 0.6) is 0 Å². The highest BCUT2D eigenvalue weighted by atomic mass is 32.1. The summed E-state index contributed by atoms with van der Waals surface area (Å²) in [5.41, 5.74) is 2.81. The van der Waals surface area contributed by atoms with Gasteiger partial charge in [0.1, 0.15) is 5.01 Å². The Labute approximate surface area is 142 Å². The van der Waals surface area contributed by atoms with Crippen molar-refractivity contribution < 1.29 is 5.11 Å². The molecular weight excluding hydrogens is 304 g/mol. The maximum atomic E-state index is 9.28. The van der Waals surface area contributed by atoms with Gasteiger partial charge in [0.2, 0.25) is 0 Å². The highest BCUT2D eigenvalue weighted by Gasteiger charge is 2.26. The number of aliphatic hydroxyl groups is 1. The Kier molecular flexibility index (Phi) is 4.47. The summed E-state index contributed by atoms with van der Waals surface area (Å²) in [7, 11) is 0. The zero-order valence-electron chi connectivity index (χ0n) is 13.4. The molecule has 0 bridgehead atoms. The predicted molar refractivity (Wildman–Crippen MR) is 93.8 cm³/mol. The summed E-state index contributed by atoms with van der Waals surface area (Å²) in [4.78, 5) is 8.85. The number of aromatic nitrogens is 1. The highest BCUT2D eigenvalue weighted by Crippen LogP contribution is 2.36. The van der Waals surface area contributed by atoms with Crippen LogP contribution >= 0.6 is 11.3 Å². The fourth-order valence-corrected chi connectivity index (χ4v) is 5.14. The Morgan fingerprint density at radius 3 is 2.87 bits per heavy atom. The third-order valence-electron chi connectivity index (χ3n) is 5.24. The molecule has 0 spiro atoms. The Balaban J connectivity index is 1.43. The molecule has 2 heterocycles. The van der Waals surface area contributed by atoms with Crippen LogP contribution in [-0.2, 0) is 19.4 Å². The lowest BCUT2D eigenvalue weighted by atomic mass is 9.85. The van der Waals surface area contributed by atoms with Crippen LogP contribution in [0, 0.1) is 5.92 Å². The van der Waals surface area contributed by atoms with E-state index in [4.69, 9.17) is 4.98 Å². The molecule has 1 aliphatic heterocycles. The third-order valence-corrected chi connectivity index (χ3v) is 6.35. The van der Waals surface area contributed by atoms with Gasteiger partial charge in [-0.25, -0.2) is 4.98 Å². The molecule has 4 rings (SSSR count). The normalized spacial score (nSPS) is 24.7. The number of benzene rings is 1. The molecule has 1 aliphatic carbocycles. The predicted octanol–water partition coefficient (Wildman–Crippen LogP) is 3.23. The van der Waals surface area contributed by atoms with Crippen molar-refractivity contribution in [3.63, 3.8) is 0 Å². The molecule has 122 valence electrons. The third kappa shape index (κ3) is 3.35. The maximum absolute atomic E-state index is 9.28. The van der Waals surface area contributed by atoms with Gasteiger partial charge in [0, 0.05) is 18.0 Å². The Morgan fingerprint density at radius 1 is 1.22 bits per heavy atom. The SMILES string of the molecule is OC[C@@H]1CCN(Cc2nc3c(s2)C[C@@H](c2ccccc2)CC3)C1. The number of aryl methyl sites for hydroxylation is 1. The van der Waals surface area contributed by atoms with Gasteiger partial charge in [-0.2, -0.15) is 0 Å². The van der Waals surface area contributed by atoms with E-state index in [0.717, 1.165) is 38.9 Å². The fraction of sp³-hybridized carbons (Fsp3) is 0.526. The quantitative estimate of drug-likeness (QED) is 0.936. The van der Waals surface area contributed by atoms with Crippen molar-refractivity contribution in [1.29, 1.82) is 0 Å². The first-order valence-corrected chi connectivity index (χ1v) is 9.49. The van der Waals surface area contributed by atoms with Gasteiger partial charge < -0.3 is 5.11 Å². The Bertz CT molecular complexity index is 655. The van der Waals surface area contributed by atoms with Crippen molar-refractivity contribution in [1.82, 2.24) is 9.88 Å². The molecular formula is C19H24N2OS. The van der Waals surface area contributed by atoms with Crippen molar-refractivity contribution in [3.05, 3.63) is 51.5 Å². The molecule has 2 aromatic rings. The largest absolute Gasteiger partial charge is 0.396 e. The summed E-state index contributed by atoms with van der Waals surface area (Å²) >= 11 is 1.91. The highest BCUT2D eigenvalue weighted by molar-refractivity contribution is 7.11. The first-order chi connectivity index (χ1) is 11.3. The van der Waals surface area contributed by atoms with E-state index < -0.39 is 0 Å². The average Bonchev–Trinajstić information content (AvgIpc) is 3.21. The number of hydrogen-bond acceptors (Lipinski definition) is 4. The number of thiazole rings is 1. The van der Waals surface area contributed by atoms with Crippen LogP contribution < -0.4 is 0 Å². The molecule has 2 atom stereocenters. The minimum absolute atomic E-state index is 0.323. The molecule has 0 amide bonds. The van der Waals surface area contributed by atoms with E-state index >= 15 is 0 Å². The summed E-state index contributed by atoms with van der Waals surface area (Å²) in [5.74, 6) is 1.12. The zero-order chi connectivity index (χ0) is 15.6. The number of nitrogens with zero attached hydrogens (tertiary/aromatic N) is 2. The number of likely N-dealkylation sites (tertiary alicyclic amines) is 1. The molecule has 2 aliphatic rings. The molecule has 0 unspecified atom stereocenters. The molecule has 23 heavy (non-hydrogen) atoms. The van der Waals surface area contributed by atoms with Crippen LogP contribution in [0.4, 0.5) is 0 Å². The maximum Gasteiger partial charge on any atom is 0.107 e. The Morgan fingerprint density at radius 2 is 2.09 bits per heavy atom. The first kappa shape index (κ1) is 15.3. The van der Waals surface area contributed by atoms with Crippen molar-refractivity contribution in [2.24, 2.45) is 5.92 Å². The smallest absolute Gasteiger partial charge is 0.107 e. The van der Waals surface area contributed by atoms with Crippen LogP contribution in [0.2, 0.25) is 0 Å². The number of aliphatic hydroxyl groups excluding tert-OH is 1. The summed E-state index contributed by atoms with van der Waals surface area (Å²) in [6.45, 7) is 3.41. The number of fused-ring (bicyclic) bond motifs is 1. The van der Waals surface area contributed by atoms with E-state index in [1.807, 2.05) is 11.3 Å². The lowest BCUT2D eigenvalue weighted by molar-refractivity contribution is 0.220. The van der Waals surface area contributed by atoms with Crippen molar-refractivity contribution >= 4 is 11.3 Å². The molecule has 1 saturated heterocycles. The van der Waals surface area contributed by atoms with E-state index in [0.29, 0.717) is 18.4 Å². The van der Waals surface area contributed by atoms with E-state index in [1.165, 1.54) is 27.6 Å². The molecule has 3 nitrogen and oxygen atoms in total. The zero-order valence-corrected chi connectivity index (χ0v) is 14.3. The van der Waals surface area contributed by atoms with Crippen LogP contribution in [-0.4, -0.2) is 34.7 Å². The van der Waals surface area contributed by atoms with E-state index in [2.05, 4.69) is 35.2 Å². The summed E-state index contributed by atoms with van der Waals surface area (Å²) < 4.78 is 0. The average molecular weight is 328 g/mol. The first-order valence-electron chi connectivity index (χ1n) is 8.67. The van der Waals surface area contributed by atoms with Crippen LogP contribution in [0.15, 0.2) is 30.3 Å². The minimum atomic E-state index is 0.323. The standard InChI is InChI=1S/C19H24N2OS/c22-13-14-8-9-21(11-14)12-19-20-17-7-6-16(10-18(17)23-19)15-4-2-1-3-5-15/h1-5,14,16,22H,6-13H2/t14-,16+/m1/s1. The van der Waals surface area contributed by atoms with Gasteiger partial charge in [0.25, 0.3) is 0 Å². The van der Waals surface area contributed by atoms with Gasteiger partial charge in [-0.1, -0.05) is 30.3 Å². The molecule has 0 saturated carbocycles. The molecule has 1 N–H and O–H groups in total. The number of hydrogen-bond donors (Lipinski definition) is 1. The number of rotatable bonds is 4. The topological polar surface area (TPSA) is 36.4 Å². The van der Waals surface area contributed by atoms with Gasteiger partial charge in [-0.15, -0.1) is 11.3 Å².